The highest BCUT2D eigenvalue weighted by Gasteiger charge is 2.41. The number of nitrogens with zero attached hydrogens (tertiary/aromatic N) is 1. The summed E-state index contributed by atoms with van der Waals surface area (Å²) in [6, 6.07) is 13.5. The minimum absolute atomic E-state index is 0.0678. The molecule has 0 spiro atoms. The third kappa shape index (κ3) is 4.26. The number of carbonyl (C=O) groups is 1. The van der Waals surface area contributed by atoms with E-state index in [9.17, 15) is 4.79 Å². The molecule has 0 bridgehead atoms. The van der Waals surface area contributed by atoms with Gasteiger partial charge in [0, 0.05) is 11.6 Å². The van der Waals surface area contributed by atoms with E-state index in [1.807, 2.05) is 55.5 Å². The lowest BCUT2D eigenvalue weighted by Gasteiger charge is -2.14. The van der Waals surface area contributed by atoms with Crippen molar-refractivity contribution < 1.29 is 19.0 Å². The Morgan fingerprint density at radius 1 is 1.13 bits per heavy atom. The third-order valence-electron chi connectivity index (χ3n) is 4.97. The summed E-state index contributed by atoms with van der Waals surface area (Å²) >= 11 is 5.32. The molecule has 4 rings (SSSR count). The van der Waals surface area contributed by atoms with Crippen molar-refractivity contribution in [1.29, 1.82) is 0 Å². The molecule has 6 nitrogen and oxygen atoms in total. The van der Waals surface area contributed by atoms with Crippen LogP contribution >= 0.6 is 12.2 Å². The molecule has 1 amide bonds. The van der Waals surface area contributed by atoms with Crippen LogP contribution in [0.5, 0.6) is 17.2 Å². The summed E-state index contributed by atoms with van der Waals surface area (Å²) in [6.45, 7) is 2.80. The van der Waals surface area contributed by atoms with Crippen LogP contribution in [0.3, 0.4) is 0 Å². The molecule has 1 aliphatic heterocycles. The molecule has 2 aromatic carbocycles. The van der Waals surface area contributed by atoms with Crippen molar-refractivity contribution in [3.63, 3.8) is 0 Å². The molecule has 7 heteroatoms. The highest BCUT2D eigenvalue weighted by molar-refractivity contribution is 7.80. The molecule has 1 saturated carbocycles. The van der Waals surface area contributed by atoms with Gasteiger partial charge < -0.3 is 19.5 Å². The summed E-state index contributed by atoms with van der Waals surface area (Å²) in [5, 5.41) is 3.53. The normalized spacial score (nSPS) is 17.3. The average molecular weight is 425 g/mol. The van der Waals surface area contributed by atoms with E-state index in [0.29, 0.717) is 41.3 Å². The first-order chi connectivity index (χ1) is 14.6. The second-order valence-corrected chi connectivity index (χ2v) is 7.52. The van der Waals surface area contributed by atoms with E-state index in [1.165, 1.54) is 0 Å². The fraction of sp³-hybridized carbons (Fsp3) is 0.304. The summed E-state index contributed by atoms with van der Waals surface area (Å²) in [6.07, 6.45) is 3.83. The van der Waals surface area contributed by atoms with Crippen molar-refractivity contribution >= 4 is 29.3 Å². The van der Waals surface area contributed by atoms with Crippen LogP contribution in [0, 0.1) is 0 Å². The molecule has 1 saturated heterocycles. The third-order valence-corrected chi connectivity index (χ3v) is 5.27. The lowest BCUT2D eigenvalue weighted by molar-refractivity contribution is -0.122. The number of benzene rings is 2. The number of carbonyl (C=O) groups excluding carboxylic acids is 1. The molecule has 0 unspecified atom stereocenters. The first-order valence-corrected chi connectivity index (χ1v) is 10.4. The number of amides is 1. The van der Waals surface area contributed by atoms with Crippen molar-refractivity contribution in [3.8, 4) is 17.2 Å². The van der Waals surface area contributed by atoms with Crippen molar-refractivity contribution in [1.82, 2.24) is 10.2 Å². The van der Waals surface area contributed by atoms with Crippen molar-refractivity contribution in [2.75, 3.05) is 13.7 Å². The van der Waals surface area contributed by atoms with Crippen LogP contribution in [-0.4, -0.2) is 35.7 Å². The van der Waals surface area contributed by atoms with Crippen LogP contribution in [0.4, 0.5) is 0 Å². The van der Waals surface area contributed by atoms with Gasteiger partial charge in [0.1, 0.15) is 18.1 Å². The second kappa shape index (κ2) is 8.75. The van der Waals surface area contributed by atoms with Gasteiger partial charge in [0.2, 0.25) is 0 Å². The Kier molecular flexibility index (Phi) is 5.90. The van der Waals surface area contributed by atoms with Crippen LogP contribution in [-0.2, 0) is 11.4 Å². The maximum absolute atomic E-state index is 12.7. The summed E-state index contributed by atoms with van der Waals surface area (Å²) in [5.41, 5.74) is 2.22. The van der Waals surface area contributed by atoms with Gasteiger partial charge in [0.15, 0.2) is 16.6 Å². The number of thiocarbonyl (C=S) groups is 1. The van der Waals surface area contributed by atoms with Crippen LogP contribution in [0.15, 0.2) is 48.2 Å². The fourth-order valence-corrected chi connectivity index (χ4v) is 3.72. The van der Waals surface area contributed by atoms with Crippen LogP contribution < -0.4 is 19.5 Å². The number of para-hydroxylation sites is 2. The maximum Gasteiger partial charge on any atom is 0.276 e. The quantitative estimate of drug-likeness (QED) is 0.512. The van der Waals surface area contributed by atoms with Crippen molar-refractivity contribution in [2.45, 2.75) is 32.4 Å². The van der Waals surface area contributed by atoms with Gasteiger partial charge in [-0.2, -0.15) is 0 Å². The number of hydrogen-bond acceptors (Lipinski definition) is 5. The highest BCUT2D eigenvalue weighted by Crippen LogP contribution is 2.32. The first kappa shape index (κ1) is 20.2. The Bertz CT molecular complexity index is 1000. The van der Waals surface area contributed by atoms with E-state index in [4.69, 9.17) is 26.4 Å². The molecule has 30 heavy (non-hydrogen) atoms. The summed E-state index contributed by atoms with van der Waals surface area (Å²) < 4.78 is 17.1. The zero-order valence-electron chi connectivity index (χ0n) is 17.0. The highest BCUT2D eigenvalue weighted by atomic mass is 32.1. The molecule has 0 radical (unpaired) electrons. The first-order valence-electron chi connectivity index (χ1n) is 9.98. The van der Waals surface area contributed by atoms with Gasteiger partial charge >= 0.3 is 0 Å². The number of ether oxygens (including phenoxy) is 3. The lowest BCUT2D eigenvalue weighted by atomic mass is 10.1. The van der Waals surface area contributed by atoms with E-state index >= 15 is 0 Å². The van der Waals surface area contributed by atoms with Gasteiger partial charge in [-0.05, 0) is 67.9 Å². The van der Waals surface area contributed by atoms with Crippen molar-refractivity contribution in [2.24, 2.45) is 0 Å². The summed E-state index contributed by atoms with van der Waals surface area (Å²) in [5.74, 6) is 2.02. The van der Waals surface area contributed by atoms with Gasteiger partial charge in [-0.3, -0.25) is 9.69 Å². The summed E-state index contributed by atoms with van der Waals surface area (Å²) in [4.78, 5) is 14.3. The second-order valence-electron chi connectivity index (χ2n) is 7.13. The molecule has 1 aliphatic carbocycles. The monoisotopic (exact) mass is 424 g/mol. The number of rotatable bonds is 8. The van der Waals surface area contributed by atoms with Gasteiger partial charge in [0.05, 0.1) is 13.7 Å². The number of hydrogen-bond donors (Lipinski definition) is 1. The predicted octanol–water partition coefficient (Wildman–Crippen LogP) is 3.89. The van der Waals surface area contributed by atoms with E-state index in [1.54, 1.807) is 12.0 Å². The SMILES string of the molecule is CCOc1ccccc1OCc1cc(/C=C2/NC(=S)N(C3CC3)C2=O)ccc1OC. The molecule has 156 valence electrons. The average Bonchev–Trinajstić information content (AvgIpc) is 3.54. The van der Waals surface area contributed by atoms with Gasteiger partial charge in [-0.25, -0.2) is 0 Å². The zero-order valence-corrected chi connectivity index (χ0v) is 17.8. The minimum Gasteiger partial charge on any atom is -0.496 e. The largest absolute Gasteiger partial charge is 0.496 e. The Balaban J connectivity index is 1.54. The standard InChI is InChI=1S/C23H24N2O4S/c1-3-28-20-6-4-5-7-21(20)29-14-16-12-15(8-11-19(16)27-2)13-18-22(26)25(17-9-10-17)23(30)24-18/h4-8,11-13,17H,3,9-10,14H2,1-2H3,(H,24,30)/b18-13+. The van der Waals surface area contributed by atoms with E-state index in [2.05, 4.69) is 5.32 Å². The smallest absolute Gasteiger partial charge is 0.276 e. The number of nitrogens with one attached hydrogen (secondary N) is 1. The van der Waals surface area contributed by atoms with Crippen molar-refractivity contribution in [3.05, 3.63) is 59.3 Å². The zero-order chi connectivity index (χ0) is 21.1. The van der Waals surface area contributed by atoms with Crippen LogP contribution in [0.2, 0.25) is 0 Å². The molecule has 0 atom stereocenters. The Morgan fingerprint density at radius 2 is 1.87 bits per heavy atom. The van der Waals surface area contributed by atoms with Gasteiger partial charge in [-0.15, -0.1) is 0 Å². The molecule has 2 aliphatic rings. The topological polar surface area (TPSA) is 60.0 Å². The Hall–Kier alpha value is -3.06. The molecule has 0 aromatic heterocycles. The summed E-state index contributed by atoms with van der Waals surface area (Å²) in [7, 11) is 1.62. The van der Waals surface area contributed by atoms with Crippen LogP contribution in [0.1, 0.15) is 30.9 Å². The maximum atomic E-state index is 12.7. The van der Waals surface area contributed by atoms with Crippen LogP contribution in [0.25, 0.3) is 6.08 Å². The molecule has 2 aromatic rings. The van der Waals surface area contributed by atoms with Gasteiger partial charge in [-0.1, -0.05) is 18.2 Å². The lowest BCUT2D eigenvalue weighted by Crippen LogP contribution is -2.32. The Morgan fingerprint density at radius 3 is 2.53 bits per heavy atom. The molecule has 2 fully saturated rings. The van der Waals surface area contributed by atoms with E-state index in [-0.39, 0.29) is 11.9 Å². The predicted molar refractivity (Wildman–Crippen MR) is 119 cm³/mol. The molecule has 1 heterocycles. The number of methoxy groups -OCH3 is 1. The molecule has 1 N–H and O–H groups in total. The van der Waals surface area contributed by atoms with E-state index in [0.717, 1.165) is 24.0 Å². The fourth-order valence-electron chi connectivity index (χ4n) is 3.38. The Labute approximate surface area is 181 Å². The van der Waals surface area contributed by atoms with Gasteiger partial charge in [0.25, 0.3) is 5.91 Å². The molecular formula is C23H24N2O4S. The minimum atomic E-state index is -0.0678. The van der Waals surface area contributed by atoms with E-state index < -0.39 is 0 Å². The molecular weight excluding hydrogens is 400 g/mol.